The Kier molecular flexibility index (Phi) is 21.9. The van der Waals surface area contributed by atoms with Crippen LogP contribution in [0.2, 0.25) is 41.1 Å². The molecule has 1 aromatic carbocycles. The van der Waals surface area contributed by atoms with Crippen LogP contribution < -0.4 is 26.1 Å². The zero-order valence-corrected chi connectivity index (χ0v) is 41.6. The Labute approximate surface area is 364 Å². The second-order valence-corrected chi connectivity index (χ2v) is 28.7. The van der Waals surface area contributed by atoms with E-state index in [1.165, 1.54) is 18.3 Å². The van der Waals surface area contributed by atoms with E-state index in [0.717, 1.165) is 40.7 Å². The molecule has 0 fully saturated rings. The van der Waals surface area contributed by atoms with Crippen LogP contribution >= 0.6 is 23.6 Å². The van der Waals surface area contributed by atoms with E-state index in [-0.39, 0.29) is 37.1 Å². The van der Waals surface area contributed by atoms with Gasteiger partial charge in [0.1, 0.15) is 0 Å². The Morgan fingerprint density at radius 1 is 0.914 bits per heavy atom. The number of hydrogen-bond donors (Lipinski definition) is 6. The number of aromatic nitrogens is 1. The Bertz CT molecular complexity index is 1590. The average Bonchev–Trinajstić information content (AvgIpc) is 3.72. The molecular weight excluding hydrogens is 878 g/mol. The molecule has 58 heavy (non-hydrogen) atoms. The van der Waals surface area contributed by atoms with Crippen LogP contribution in [-0.2, 0) is 23.2 Å². The number of carbonyl (C=O) groups is 3. The number of thiazole rings is 1. The van der Waals surface area contributed by atoms with Gasteiger partial charge in [0, 0.05) is 0 Å². The molecule has 13 nitrogen and oxygen atoms in total. The van der Waals surface area contributed by atoms with Gasteiger partial charge in [-0.25, -0.2) is 4.79 Å². The van der Waals surface area contributed by atoms with Crippen LogP contribution in [0.3, 0.4) is 0 Å². The number of nitrogens with two attached hydrogens (primary N) is 1. The standard InChI is InChI=1S/C40H69N5O8S2SeSi2/c1-12-51-39(50)31-25-55-38(43-31)34(40(11,53-58(16-5,17-6)18-7)28(10)52-57(13-2,14-3)15-4)45-35(48)30(24-46)42-37(54)33(44-36(49)32(41)26(8)47)27(9)56-29-22-20-19-21-23-29/h19-23,25-28,30,32-34,46-47H,12-18,24,41H2,1-11H3,(H,42,54)(H,44,49)(H,45,48)/t26-,27+,28-,30-,32+,33+,34-,40-/m1/s1. The van der Waals surface area contributed by atoms with Crippen LogP contribution in [0.4, 0.5) is 0 Å². The number of thiocarbonyl (C=S) groups is 1. The molecular formula is C40H69N5O8S2SeSi2. The van der Waals surface area contributed by atoms with Gasteiger partial charge >= 0.3 is 283 Å². The summed E-state index contributed by atoms with van der Waals surface area (Å²) in [6.07, 6.45) is -1.63. The number of carbonyl (C=O) groups excluding carboxylic acids is 3. The summed E-state index contributed by atoms with van der Waals surface area (Å²) < 4.78 is 20.9. The first-order valence-electron chi connectivity index (χ1n) is 20.6. The summed E-state index contributed by atoms with van der Waals surface area (Å²) in [5.74, 6) is -1.78. The summed E-state index contributed by atoms with van der Waals surface area (Å²) in [6, 6.07) is 10.8. The Morgan fingerprint density at radius 3 is 1.98 bits per heavy atom. The van der Waals surface area contributed by atoms with Gasteiger partial charge in [0.2, 0.25) is 0 Å². The van der Waals surface area contributed by atoms with E-state index >= 15 is 0 Å². The molecule has 0 bridgehead atoms. The van der Waals surface area contributed by atoms with E-state index in [4.69, 9.17) is 36.5 Å². The van der Waals surface area contributed by atoms with E-state index in [0.29, 0.717) is 5.01 Å². The zero-order valence-electron chi connectivity index (χ0n) is 36.3. The summed E-state index contributed by atoms with van der Waals surface area (Å²) >= 11 is 6.93. The zero-order chi connectivity index (χ0) is 43.8. The molecule has 0 saturated carbocycles. The van der Waals surface area contributed by atoms with Crippen molar-refractivity contribution in [3.8, 4) is 0 Å². The molecule has 0 radical (unpaired) electrons. The van der Waals surface area contributed by atoms with Crippen LogP contribution in [0, 0.1) is 0 Å². The molecule has 18 heteroatoms. The van der Waals surface area contributed by atoms with E-state index in [1.807, 2.05) is 51.1 Å². The van der Waals surface area contributed by atoms with Gasteiger partial charge in [0.05, 0.1) is 6.61 Å². The van der Waals surface area contributed by atoms with Crippen molar-refractivity contribution in [3.63, 3.8) is 0 Å². The Morgan fingerprint density at radius 2 is 1.48 bits per heavy atom. The van der Waals surface area contributed by atoms with Crippen molar-refractivity contribution >= 4 is 82.4 Å². The quantitative estimate of drug-likeness (QED) is 0.0422. The van der Waals surface area contributed by atoms with Gasteiger partial charge in [-0.3, -0.25) is 0 Å². The molecule has 2 aromatic rings. The number of amides is 2. The van der Waals surface area contributed by atoms with Crippen molar-refractivity contribution in [2.24, 2.45) is 5.73 Å². The number of aliphatic hydroxyl groups excluding tert-OH is 2. The van der Waals surface area contributed by atoms with Crippen LogP contribution in [-0.4, -0.2) is 119 Å². The fourth-order valence-electron chi connectivity index (χ4n) is 6.82. The monoisotopic (exact) mass is 947 g/mol. The van der Waals surface area contributed by atoms with Crippen LogP contribution in [0.25, 0.3) is 0 Å². The number of rotatable bonds is 26. The maximum atomic E-state index is 14.6. The third-order valence-corrected chi connectivity index (χ3v) is 24.6. The topological polar surface area (TPSA) is 194 Å². The second-order valence-electron chi connectivity index (χ2n) is 14.9. The number of ether oxygens (including phenoxy) is 1. The van der Waals surface area contributed by atoms with E-state index in [2.05, 4.69) is 57.5 Å². The predicted molar refractivity (Wildman–Crippen MR) is 243 cm³/mol. The first-order valence-corrected chi connectivity index (χ1v) is 28.8. The Balaban J connectivity index is 2.71. The van der Waals surface area contributed by atoms with Gasteiger partial charge in [-0.15, -0.1) is 0 Å². The van der Waals surface area contributed by atoms with Gasteiger partial charge in [-0.1, -0.05) is 41.5 Å². The van der Waals surface area contributed by atoms with Gasteiger partial charge in [0.15, 0.2) is 0 Å². The van der Waals surface area contributed by atoms with E-state index in [9.17, 15) is 24.6 Å². The number of nitrogens with zero attached hydrogens (tertiary/aromatic N) is 1. The molecule has 2 amide bonds. The van der Waals surface area contributed by atoms with E-state index in [1.54, 1.807) is 12.3 Å². The molecule has 0 aliphatic heterocycles. The van der Waals surface area contributed by atoms with Crippen molar-refractivity contribution in [3.05, 3.63) is 46.4 Å². The fraction of sp³-hybridized carbons (Fsp3) is 0.675. The SMILES string of the molecule is CCOC(=O)c1csc([C@@H](NC(=O)[C@@H](CO)NC(=S)[C@@H](NC(=O)[C@@H](N)[C@@H](C)O)[C@H](C)[Se]c2ccccc2)[C@](C)(O[Si](CC)(CC)CC)[C@@H](C)O[Si](CC)(CC)CC)n1. The molecule has 1 aromatic heterocycles. The van der Waals surface area contributed by atoms with Gasteiger partial charge < -0.3 is 4.74 Å². The molecule has 0 aliphatic carbocycles. The predicted octanol–water partition coefficient (Wildman–Crippen LogP) is 4.98. The number of aliphatic hydroxyl groups is 2. The van der Waals surface area contributed by atoms with Crippen molar-refractivity contribution in [2.45, 2.75) is 159 Å². The summed E-state index contributed by atoms with van der Waals surface area (Å²) in [7, 11) is -4.67. The second kappa shape index (κ2) is 24.4. The van der Waals surface area contributed by atoms with Crippen molar-refractivity contribution in [1.29, 1.82) is 0 Å². The van der Waals surface area contributed by atoms with Crippen molar-refractivity contribution in [1.82, 2.24) is 20.9 Å². The molecule has 7 N–H and O–H groups in total. The minimum absolute atomic E-state index is 0.114. The molecule has 8 atom stereocenters. The van der Waals surface area contributed by atoms with Gasteiger partial charge in [0.25, 0.3) is 0 Å². The van der Waals surface area contributed by atoms with Crippen LogP contribution in [0.15, 0.2) is 35.7 Å². The molecule has 1 heterocycles. The number of esters is 1. The summed E-state index contributed by atoms with van der Waals surface area (Å²) in [5.41, 5.74) is 4.95. The average molecular weight is 947 g/mol. The number of nitrogens with one attached hydrogen (secondary N) is 3. The summed E-state index contributed by atoms with van der Waals surface area (Å²) in [4.78, 5) is 45.4. The fourth-order valence-corrected chi connectivity index (χ4v) is 16.8. The normalized spacial score (nSPS) is 16.8. The number of hydrogen-bond acceptors (Lipinski definition) is 12. The first kappa shape index (κ1) is 52.0. The van der Waals surface area contributed by atoms with E-state index < -0.39 is 83.0 Å². The first-order chi connectivity index (χ1) is 27.4. The van der Waals surface area contributed by atoms with Crippen LogP contribution in [0.5, 0.6) is 0 Å². The molecule has 328 valence electrons. The third kappa shape index (κ3) is 13.7. The molecule has 0 aliphatic rings. The Hall–Kier alpha value is -2.10. The molecule has 2 rings (SSSR count). The third-order valence-electron chi connectivity index (χ3n) is 11.4. The van der Waals surface area contributed by atoms with Crippen molar-refractivity contribution < 1.29 is 38.2 Å². The molecule has 0 spiro atoms. The molecule has 0 saturated heterocycles. The van der Waals surface area contributed by atoms with Crippen LogP contribution in [0.1, 0.15) is 97.7 Å². The maximum absolute atomic E-state index is 14.6. The van der Waals surface area contributed by atoms with Gasteiger partial charge in [-0.2, -0.15) is 0 Å². The number of benzene rings is 1. The summed E-state index contributed by atoms with van der Waals surface area (Å²) in [6.45, 7) is 21.5. The van der Waals surface area contributed by atoms with Crippen molar-refractivity contribution in [2.75, 3.05) is 13.2 Å². The summed E-state index contributed by atoms with van der Waals surface area (Å²) in [5, 5.41) is 32.0. The van der Waals surface area contributed by atoms with Gasteiger partial charge in [-0.05, 0) is 25.1 Å². The molecule has 0 unspecified atom stereocenters. The minimum atomic E-state index is -2.43.